The molecule has 0 unspecified atom stereocenters. The molecule has 0 aliphatic rings. The molecule has 0 aliphatic carbocycles. The quantitative estimate of drug-likeness (QED) is 0.571. The number of rotatable bonds is 3. The van der Waals surface area contributed by atoms with E-state index in [4.69, 9.17) is 14.4 Å². The first-order valence-corrected chi connectivity index (χ1v) is 9.47. The summed E-state index contributed by atoms with van der Waals surface area (Å²) in [4.78, 5) is 0. The van der Waals surface area contributed by atoms with E-state index in [9.17, 15) is 13.2 Å². The second-order valence-corrected chi connectivity index (χ2v) is 3.73. The zero-order valence-corrected chi connectivity index (χ0v) is 14.2. The molecule has 0 fully saturated rings. The Morgan fingerprint density at radius 1 is 1.15 bits per heavy atom. The van der Waals surface area contributed by atoms with Gasteiger partial charge in [-0.15, -0.1) is 5.56 Å². The zero-order chi connectivity index (χ0) is 15.0. The van der Waals surface area contributed by atoms with Gasteiger partial charge in [0, 0.05) is 0 Å². The van der Waals surface area contributed by atoms with Crippen molar-refractivity contribution in [3.63, 3.8) is 0 Å². The Labute approximate surface area is 129 Å². The molecule has 0 saturated carbocycles. The van der Waals surface area contributed by atoms with Crippen molar-refractivity contribution < 1.29 is 35.2 Å². The Balaban J connectivity index is 0.000000956. The Morgan fingerprint density at radius 3 is 2.50 bits per heavy atom. The van der Waals surface area contributed by atoms with E-state index in [1.165, 1.54) is 12.1 Å². The summed E-state index contributed by atoms with van der Waals surface area (Å²) < 4.78 is 42.7. The number of hydrogen-bond acceptors (Lipinski definition) is 1. The first kappa shape index (κ1) is 17.0. The van der Waals surface area contributed by atoms with E-state index in [2.05, 4.69) is 6.07 Å². The third-order valence-corrected chi connectivity index (χ3v) is 2.34. The van der Waals surface area contributed by atoms with Crippen molar-refractivity contribution >= 4 is 9.69 Å². The zero-order valence-electron chi connectivity index (χ0n) is 10.5. The molecule has 6 heteroatoms. The van der Waals surface area contributed by atoms with E-state index in [-0.39, 0.29) is 12.4 Å². The van der Waals surface area contributed by atoms with Crippen LogP contribution in [0.25, 0.3) is 0 Å². The number of benzene rings is 2. The molecule has 0 aromatic heterocycles. The summed E-state index contributed by atoms with van der Waals surface area (Å²) in [6.45, 7) is 0.221. The topological polar surface area (TPSA) is 9.23 Å². The molecule has 20 heavy (non-hydrogen) atoms. The van der Waals surface area contributed by atoms with Gasteiger partial charge in [0.2, 0.25) is 0 Å². The molecule has 102 valence electrons. The van der Waals surface area contributed by atoms with E-state index in [1.807, 2.05) is 6.07 Å². The maximum atomic E-state index is 12.5. The SMILES string of the molecule is FC(F)(F)c1cccc(OCc2c[c-]ccc2)c1.[Cl][Zn+]. The van der Waals surface area contributed by atoms with Crippen molar-refractivity contribution in [2.24, 2.45) is 0 Å². The van der Waals surface area contributed by atoms with Crippen molar-refractivity contribution in [2.75, 3.05) is 0 Å². The molecular weight excluding hydrogens is 342 g/mol. The van der Waals surface area contributed by atoms with Gasteiger partial charge in [-0.3, -0.25) is 0 Å². The summed E-state index contributed by atoms with van der Waals surface area (Å²) >= 11 is 0.847. The predicted molar refractivity (Wildman–Crippen MR) is 66.9 cm³/mol. The molecule has 0 N–H and O–H groups in total. The normalized spacial score (nSPS) is 10.5. The average molecular weight is 352 g/mol. The third-order valence-electron chi connectivity index (χ3n) is 2.34. The Hall–Kier alpha value is -1.06. The molecule has 0 bridgehead atoms. The first-order valence-electron chi connectivity index (χ1n) is 5.57. The van der Waals surface area contributed by atoms with Crippen molar-refractivity contribution in [2.45, 2.75) is 12.8 Å². The van der Waals surface area contributed by atoms with Gasteiger partial charge in [0.15, 0.2) is 0 Å². The summed E-state index contributed by atoms with van der Waals surface area (Å²) in [5, 5.41) is 0. The van der Waals surface area contributed by atoms with Gasteiger partial charge in [-0.2, -0.15) is 43.5 Å². The van der Waals surface area contributed by atoms with Crippen molar-refractivity contribution in [3.05, 3.63) is 65.7 Å². The molecule has 1 nitrogen and oxygen atoms in total. The van der Waals surface area contributed by atoms with Gasteiger partial charge >= 0.3 is 33.2 Å². The molecule has 0 saturated heterocycles. The summed E-state index contributed by atoms with van der Waals surface area (Å²) in [7, 11) is 4.76. The number of halogens is 4. The van der Waals surface area contributed by atoms with Crippen LogP contribution in [-0.2, 0) is 30.1 Å². The fourth-order valence-electron chi connectivity index (χ4n) is 1.45. The van der Waals surface area contributed by atoms with Crippen LogP contribution >= 0.6 is 9.69 Å². The van der Waals surface area contributed by atoms with Crippen LogP contribution in [0.15, 0.2) is 48.5 Å². The minimum absolute atomic E-state index is 0.202. The van der Waals surface area contributed by atoms with Gasteiger partial charge in [0.05, 0.1) is 12.2 Å². The second kappa shape index (κ2) is 8.28. The number of ether oxygens (including phenoxy) is 1. The van der Waals surface area contributed by atoms with E-state index in [1.54, 1.807) is 18.2 Å². The van der Waals surface area contributed by atoms with E-state index in [0.717, 1.165) is 35.0 Å². The standard InChI is InChI=1S/C14H10F3O.ClH.Zn/c15-14(16,17)12-7-4-8-13(9-12)18-10-11-5-2-1-3-6-11;;/h1-2,4-9H,10H2;1H;/q-1;;+2/p-1. The minimum atomic E-state index is -4.35. The van der Waals surface area contributed by atoms with Crippen LogP contribution < -0.4 is 4.74 Å². The first-order chi connectivity index (χ1) is 9.55. The molecule has 0 spiro atoms. The monoisotopic (exact) mass is 350 g/mol. The summed E-state index contributed by atoms with van der Waals surface area (Å²) in [5.41, 5.74) is 0.148. The number of alkyl halides is 3. The Kier molecular flexibility index (Phi) is 7.04. The van der Waals surface area contributed by atoms with Crippen LogP contribution in [0.2, 0.25) is 0 Å². The molecule has 0 radical (unpaired) electrons. The predicted octanol–water partition coefficient (Wildman–Crippen LogP) is 4.77. The molecule has 2 aromatic rings. The maximum absolute atomic E-state index is 12.5. The second-order valence-electron chi connectivity index (χ2n) is 3.73. The van der Waals surface area contributed by atoms with Crippen LogP contribution in [-0.4, -0.2) is 0 Å². The van der Waals surface area contributed by atoms with Crippen LogP contribution in [0.4, 0.5) is 13.2 Å². The van der Waals surface area contributed by atoms with Gasteiger partial charge in [0.25, 0.3) is 0 Å². The fraction of sp³-hybridized carbons (Fsp3) is 0.143. The van der Waals surface area contributed by atoms with Crippen LogP contribution in [0.5, 0.6) is 5.75 Å². The van der Waals surface area contributed by atoms with E-state index >= 15 is 0 Å². The van der Waals surface area contributed by atoms with E-state index < -0.39 is 11.7 Å². The van der Waals surface area contributed by atoms with Gasteiger partial charge in [-0.1, -0.05) is 6.07 Å². The van der Waals surface area contributed by atoms with E-state index in [0.29, 0.717) is 0 Å². The van der Waals surface area contributed by atoms with Gasteiger partial charge in [-0.05, 0) is 18.2 Å². The van der Waals surface area contributed by atoms with Crippen molar-refractivity contribution in [1.82, 2.24) is 0 Å². The van der Waals surface area contributed by atoms with Crippen LogP contribution in [0.1, 0.15) is 11.1 Å². The Bertz CT molecular complexity index is 517. The molecule has 0 atom stereocenters. The summed E-state index contributed by atoms with van der Waals surface area (Å²) in [5.74, 6) is 0.202. The molecule has 0 aliphatic heterocycles. The van der Waals surface area contributed by atoms with Crippen LogP contribution in [0, 0.1) is 6.07 Å². The van der Waals surface area contributed by atoms with Gasteiger partial charge in [0.1, 0.15) is 5.75 Å². The molecule has 0 heterocycles. The average Bonchev–Trinajstić information content (AvgIpc) is 2.48. The van der Waals surface area contributed by atoms with Crippen molar-refractivity contribution in [1.29, 1.82) is 0 Å². The molecular formula is C14H10ClF3OZn. The third kappa shape index (κ3) is 5.52. The van der Waals surface area contributed by atoms with Gasteiger partial charge < -0.3 is 4.74 Å². The molecule has 2 aromatic carbocycles. The fourth-order valence-corrected chi connectivity index (χ4v) is 1.45. The van der Waals surface area contributed by atoms with Gasteiger partial charge in [-0.25, -0.2) is 0 Å². The summed E-state index contributed by atoms with van der Waals surface area (Å²) in [6, 6.07) is 14.8. The molecule has 2 rings (SSSR count). The Morgan fingerprint density at radius 2 is 1.90 bits per heavy atom. The number of hydrogen-bond donors (Lipinski definition) is 0. The molecule has 0 amide bonds. The van der Waals surface area contributed by atoms with Crippen molar-refractivity contribution in [3.8, 4) is 5.75 Å². The van der Waals surface area contributed by atoms with Crippen LogP contribution in [0.3, 0.4) is 0 Å². The summed E-state index contributed by atoms with van der Waals surface area (Å²) in [6.07, 6.45) is -4.35.